The van der Waals surface area contributed by atoms with E-state index < -0.39 is 5.91 Å². The van der Waals surface area contributed by atoms with Crippen LogP contribution < -0.4 is 5.73 Å². The molecule has 0 atom stereocenters. The summed E-state index contributed by atoms with van der Waals surface area (Å²) in [6, 6.07) is 9.00. The predicted molar refractivity (Wildman–Crippen MR) is 49.4 cm³/mol. The molecule has 0 fully saturated rings. The van der Waals surface area contributed by atoms with Gasteiger partial charge in [0, 0.05) is 6.08 Å². The maximum absolute atomic E-state index is 10.4. The maximum Gasteiger partial charge on any atom is 0.241 e. The number of rotatable bonds is 2. The molecule has 1 rings (SSSR count). The number of primary amides is 1. The molecule has 0 saturated heterocycles. The Bertz CT molecular complexity index is 388. The largest absolute Gasteiger partial charge is 0.366 e. The summed E-state index contributed by atoms with van der Waals surface area (Å²) in [6.45, 7) is 0. The molecular weight excluding hydrogens is 164 g/mol. The lowest BCUT2D eigenvalue weighted by molar-refractivity contribution is -0.113. The van der Waals surface area contributed by atoms with Gasteiger partial charge in [-0.25, -0.2) is 0 Å². The molecular formula is C10H8N2O. The van der Waals surface area contributed by atoms with E-state index in [-0.39, 0.29) is 0 Å². The zero-order chi connectivity index (χ0) is 9.68. The van der Waals surface area contributed by atoms with Crippen LogP contribution in [0.15, 0.2) is 30.3 Å². The van der Waals surface area contributed by atoms with Crippen molar-refractivity contribution in [2.45, 2.75) is 0 Å². The van der Waals surface area contributed by atoms with Crippen molar-refractivity contribution in [3.63, 3.8) is 0 Å². The average molecular weight is 172 g/mol. The van der Waals surface area contributed by atoms with Gasteiger partial charge < -0.3 is 5.73 Å². The fraction of sp³-hybridized carbons (Fsp3) is 0. The number of benzene rings is 1. The highest BCUT2D eigenvalue weighted by Gasteiger charge is 1.95. The minimum absolute atomic E-state index is 0.521. The van der Waals surface area contributed by atoms with Gasteiger partial charge in [-0.15, -0.1) is 0 Å². The minimum atomic E-state index is -0.521. The lowest BCUT2D eigenvalue weighted by Gasteiger charge is -1.94. The molecule has 0 aliphatic carbocycles. The van der Waals surface area contributed by atoms with Gasteiger partial charge in [-0.3, -0.25) is 4.79 Å². The van der Waals surface area contributed by atoms with Crippen LogP contribution in [0.2, 0.25) is 0 Å². The summed E-state index contributed by atoms with van der Waals surface area (Å²) in [6.07, 6.45) is 2.76. The topological polar surface area (TPSA) is 66.9 Å². The summed E-state index contributed by atoms with van der Waals surface area (Å²) >= 11 is 0. The first-order valence-corrected chi connectivity index (χ1v) is 3.70. The summed E-state index contributed by atoms with van der Waals surface area (Å²) in [5.41, 5.74) is 6.15. The lowest BCUT2D eigenvalue weighted by atomic mass is 10.1. The average Bonchev–Trinajstić information content (AvgIpc) is 2.15. The molecule has 1 aromatic carbocycles. The molecule has 0 aromatic heterocycles. The van der Waals surface area contributed by atoms with E-state index in [1.807, 2.05) is 6.07 Å². The number of carbonyl (C=O) groups is 1. The molecule has 0 saturated carbocycles. The Morgan fingerprint density at radius 2 is 2.15 bits per heavy atom. The van der Waals surface area contributed by atoms with Gasteiger partial charge in [0.1, 0.15) is 0 Å². The highest BCUT2D eigenvalue weighted by molar-refractivity contribution is 5.90. The van der Waals surface area contributed by atoms with Crippen molar-refractivity contribution in [1.82, 2.24) is 0 Å². The predicted octanol–water partition coefficient (Wildman–Crippen LogP) is 1.06. The molecule has 1 amide bonds. The van der Waals surface area contributed by atoms with E-state index in [0.717, 1.165) is 0 Å². The van der Waals surface area contributed by atoms with E-state index in [1.54, 1.807) is 24.3 Å². The van der Waals surface area contributed by atoms with Crippen molar-refractivity contribution in [1.29, 1.82) is 5.26 Å². The van der Waals surface area contributed by atoms with E-state index >= 15 is 0 Å². The molecule has 0 bridgehead atoms. The van der Waals surface area contributed by atoms with Gasteiger partial charge in [0.05, 0.1) is 11.6 Å². The fourth-order valence-electron chi connectivity index (χ4n) is 0.916. The van der Waals surface area contributed by atoms with Crippen LogP contribution in [0.5, 0.6) is 0 Å². The third kappa shape index (κ3) is 2.46. The summed E-state index contributed by atoms with van der Waals surface area (Å²) in [4.78, 5) is 10.4. The summed E-state index contributed by atoms with van der Waals surface area (Å²) in [5, 5.41) is 8.68. The van der Waals surface area contributed by atoms with Crippen LogP contribution in [-0.2, 0) is 4.79 Å². The monoisotopic (exact) mass is 172 g/mol. The molecule has 0 aliphatic heterocycles. The number of hydrogen-bond donors (Lipinski definition) is 1. The third-order valence-corrected chi connectivity index (χ3v) is 1.51. The van der Waals surface area contributed by atoms with E-state index in [2.05, 4.69) is 0 Å². The molecule has 0 heterocycles. The number of nitriles is 1. The van der Waals surface area contributed by atoms with Gasteiger partial charge in [0.25, 0.3) is 0 Å². The van der Waals surface area contributed by atoms with Crippen molar-refractivity contribution in [2.75, 3.05) is 0 Å². The van der Waals surface area contributed by atoms with Crippen molar-refractivity contribution >= 4 is 12.0 Å². The SMILES string of the molecule is N#Cc1ccccc1/C=C/C(N)=O. The Labute approximate surface area is 76.1 Å². The summed E-state index contributed by atoms with van der Waals surface area (Å²) < 4.78 is 0. The Morgan fingerprint density at radius 3 is 2.77 bits per heavy atom. The Hall–Kier alpha value is -2.08. The van der Waals surface area contributed by atoms with Gasteiger partial charge in [0.15, 0.2) is 0 Å². The minimum Gasteiger partial charge on any atom is -0.366 e. The maximum atomic E-state index is 10.4. The summed E-state index contributed by atoms with van der Waals surface area (Å²) in [5.74, 6) is -0.521. The first kappa shape index (κ1) is 9.01. The van der Waals surface area contributed by atoms with E-state index in [0.29, 0.717) is 11.1 Å². The van der Waals surface area contributed by atoms with E-state index in [9.17, 15) is 4.79 Å². The zero-order valence-corrected chi connectivity index (χ0v) is 6.90. The number of carbonyl (C=O) groups excluding carboxylic acids is 1. The Morgan fingerprint density at radius 1 is 1.46 bits per heavy atom. The van der Waals surface area contributed by atoms with Gasteiger partial charge in [0.2, 0.25) is 5.91 Å². The van der Waals surface area contributed by atoms with Crippen LogP contribution >= 0.6 is 0 Å². The highest BCUT2D eigenvalue weighted by Crippen LogP contribution is 2.08. The Kier molecular flexibility index (Phi) is 2.82. The van der Waals surface area contributed by atoms with Crippen molar-refractivity contribution in [2.24, 2.45) is 5.73 Å². The van der Waals surface area contributed by atoms with E-state index in [1.165, 1.54) is 12.2 Å². The van der Waals surface area contributed by atoms with Gasteiger partial charge >= 0.3 is 0 Å². The fourth-order valence-corrected chi connectivity index (χ4v) is 0.916. The van der Waals surface area contributed by atoms with Crippen molar-refractivity contribution in [3.05, 3.63) is 41.5 Å². The molecule has 0 radical (unpaired) electrons. The molecule has 0 unspecified atom stereocenters. The van der Waals surface area contributed by atoms with Crippen molar-refractivity contribution in [3.8, 4) is 6.07 Å². The second kappa shape index (κ2) is 4.07. The molecule has 1 aromatic rings. The van der Waals surface area contributed by atoms with Gasteiger partial charge in [-0.1, -0.05) is 18.2 Å². The molecule has 64 valence electrons. The van der Waals surface area contributed by atoms with Crippen LogP contribution in [0, 0.1) is 11.3 Å². The second-order valence-electron chi connectivity index (χ2n) is 2.43. The standard InChI is InChI=1S/C10H8N2O/c11-7-9-4-2-1-3-8(9)5-6-10(12)13/h1-6H,(H2,12,13)/b6-5+. The Balaban J connectivity index is 3.02. The second-order valence-corrected chi connectivity index (χ2v) is 2.43. The molecule has 3 heteroatoms. The van der Waals surface area contributed by atoms with Crippen LogP contribution in [0.1, 0.15) is 11.1 Å². The lowest BCUT2D eigenvalue weighted by Crippen LogP contribution is -2.05. The van der Waals surface area contributed by atoms with Crippen LogP contribution in [0.4, 0.5) is 0 Å². The number of hydrogen-bond acceptors (Lipinski definition) is 2. The molecule has 0 spiro atoms. The molecule has 2 N–H and O–H groups in total. The first-order valence-electron chi connectivity index (χ1n) is 3.70. The van der Waals surface area contributed by atoms with Crippen LogP contribution in [0.3, 0.4) is 0 Å². The normalized spacial score (nSPS) is 9.77. The highest BCUT2D eigenvalue weighted by atomic mass is 16.1. The number of nitrogens with zero attached hydrogens (tertiary/aromatic N) is 1. The van der Waals surface area contributed by atoms with Crippen LogP contribution in [-0.4, -0.2) is 5.91 Å². The zero-order valence-electron chi connectivity index (χ0n) is 6.90. The quantitative estimate of drug-likeness (QED) is 0.677. The smallest absolute Gasteiger partial charge is 0.241 e. The van der Waals surface area contributed by atoms with Crippen molar-refractivity contribution < 1.29 is 4.79 Å². The van der Waals surface area contributed by atoms with E-state index in [4.69, 9.17) is 11.0 Å². The number of amides is 1. The van der Waals surface area contributed by atoms with Crippen LogP contribution in [0.25, 0.3) is 6.08 Å². The summed E-state index contributed by atoms with van der Waals surface area (Å²) in [7, 11) is 0. The molecule has 3 nitrogen and oxygen atoms in total. The number of nitrogens with two attached hydrogens (primary N) is 1. The first-order chi connectivity index (χ1) is 6.24. The third-order valence-electron chi connectivity index (χ3n) is 1.51. The van der Waals surface area contributed by atoms with Gasteiger partial charge in [-0.2, -0.15) is 5.26 Å². The van der Waals surface area contributed by atoms with Gasteiger partial charge in [-0.05, 0) is 17.7 Å². The molecule has 0 aliphatic rings. The molecule has 13 heavy (non-hydrogen) atoms.